The van der Waals surface area contributed by atoms with E-state index in [2.05, 4.69) is 29.0 Å². The van der Waals surface area contributed by atoms with Gasteiger partial charge in [0.2, 0.25) is 5.91 Å². The van der Waals surface area contributed by atoms with Crippen molar-refractivity contribution in [3.63, 3.8) is 0 Å². The van der Waals surface area contributed by atoms with Crippen LogP contribution in [0.15, 0.2) is 29.0 Å². The number of hydrogen-bond donors (Lipinski definition) is 0. The van der Waals surface area contributed by atoms with Gasteiger partial charge in [0, 0.05) is 35.7 Å². The van der Waals surface area contributed by atoms with Gasteiger partial charge >= 0.3 is 0 Å². The molecule has 0 atom stereocenters. The van der Waals surface area contributed by atoms with Crippen LogP contribution in [0.25, 0.3) is 0 Å². The highest BCUT2D eigenvalue weighted by molar-refractivity contribution is 7.10. The number of amides is 1. The van der Waals surface area contributed by atoms with Crippen LogP contribution in [0.4, 0.5) is 0 Å². The van der Waals surface area contributed by atoms with E-state index >= 15 is 0 Å². The average Bonchev–Trinajstić information content (AvgIpc) is 3.27. The molecule has 1 fully saturated rings. The second-order valence-electron chi connectivity index (χ2n) is 6.66. The molecule has 2 aromatic heterocycles. The number of carbonyl (C=O) groups excluding carboxylic acids is 1. The molecular weight excluding hydrogens is 338 g/mol. The molecule has 0 aromatic carbocycles. The number of fused-ring (bicyclic) bond motifs is 2. The number of rotatable bonds is 4. The summed E-state index contributed by atoms with van der Waals surface area (Å²) in [6.07, 6.45) is 5.55. The summed E-state index contributed by atoms with van der Waals surface area (Å²) in [4.78, 5) is 17.4. The summed E-state index contributed by atoms with van der Waals surface area (Å²) < 4.78 is 6.22. The molecule has 2 aliphatic rings. The molecule has 2 aliphatic heterocycles. The number of ether oxygens (including phenoxy) is 1. The van der Waals surface area contributed by atoms with E-state index in [-0.39, 0.29) is 5.60 Å². The number of nitrogens with zero attached hydrogens (tertiary/aromatic N) is 1. The van der Waals surface area contributed by atoms with Crippen molar-refractivity contribution >= 4 is 28.6 Å². The molecule has 4 rings (SSSR count). The molecule has 1 saturated heterocycles. The molecule has 2 aromatic rings. The van der Waals surface area contributed by atoms with Gasteiger partial charge in [0.25, 0.3) is 0 Å². The lowest BCUT2D eigenvalue weighted by molar-refractivity contribution is -0.140. The van der Waals surface area contributed by atoms with Gasteiger partial charge < -0.3 is 9.64 Å². The third-order valence-electron chi connectivity index (χ3n) is 5.26. The molecule has 24 heavy (non-hydrogen) atoms. The fourth-order valence-electron chi connectivity index (χ4n) is 3.91. The molecule has 4 heterocycles. The van der Waals surface area contributed by atoms with E-state index in [1.54, 1.807) is 11.3 Å². The van der Waals surface area contributed by atoms with E-state index in [4.69, 9.17) is 4.74 Å². The van der Waals surface area contributed by atoms with Crippen LogP contribution in [0.3, 0.4) is 0 Å². The van der Waals surface area contributed by atoms with Gasteiger partial charge in [0.1, 0.15) is 0 Å². The molecule has 128 valence electrons. The Morgan fingerprint density at radius 2 is 2.08 bits per heavy atom. The Bertz CT molecular complexity index is 684. The Balaban J connectivity index is 1.31. The van der Waals surface area contributed by atoms with Gasteiger partial charge in [-0.3, -0.25) is 4.79 Å². The smallest absolute Gasteiger partial charge is 0.222 e. The zero-order valence-corrected chi connectivity index (χ0v) is 15.5. The minimum absolute atomic E-state index is 0.124. The molecule has 1 amide bonds. The number of piperidine rings is 1. The molecule has 0 radical (unpaired) electrons. The number of likely N-dealkylation sites (tertiary alicyclic amines) is 1. The molecule has 0 bridgehead atoms. The molecular formula is C19H23NO2S2. The van der Waals surface area contributed by atoms with Crippen LogP contribution in [-0.4, -0.2) is 30.5 Å². The summed E-state index contributed by atoms with van der Waals surface area (Å²) in [5, 5.41) is 4.29. The number of hydrogen-bond acceptors (Lipinski definition) is 4. The van der Waals surface area contributed by atoms with Gasteiger partial charge in [-0.2, -0.15) is 0 Å². The summed E-state index contributed by atoms with van der Waals surface area (Å²) in [5.41, 5.74) is 1.27. The van der Waals surface area contributed by atoms with Crippen LogP contribution in [0.1, 0.15) is 41.0 Å². The first-order chi connectivity index (χ1) is 11.8. The summed E-state index contributed by atoms with van der Waals surface area (Å²) in [6, 6.07) is 6.46. The summed E-state index contributed by atoms with van der Waals surface area (Å²) in [6.45, 7) is 2.47. The van der Waals surface area contributed by atoms with Crippen LogP contribution >= 0.6 is 22.7 Å². The number of aryl methyl sites for hydroxylation is 1. The maximum atomic E-state index is 12.5. The SMILES string of the molecule is O=C(CCCc1cccs1)N1CCC2(CC1)OCCc1sccc12. The summed E-state index contributed by atoms with van der Waals surface area (Å²) >= 11 is 3.63. The largest absolute Gasteiger partial charge is 0.370 e. The lowest BCUT2D eigenvalue weighted by Crippen LogP contribution is -2.48. The zero-order valence-electron chi connectivity index (χ0n) is 13.8. The van der Waals surface area contributed by atoms with Gasteiger partial charge in [-0.1, -0.05) is 6.07 Å². The van der Waals surface area contributed by atoms with Crippen molar-refractivity contribution in [1.29, 1.82) is 0 Å². The third kappa shape index (κ3) is 3.17. The standard InChI is InChI=1S/C19H23NO2S2/c21-18(5-1-3-15-4-2-13-23-15)20-10-8-19(9-11-20)16-7-14-24-17(16)6-12-22-19/h2,4,7,13-14H,1,3,5-6,8-12H2. The molecule has 0 aliphatic carbocycles. The molecule has 0 N–H and O–H groups in total. The van der Waals surface area contributed by atoms with Crippen molar-refractivity contribution in [3.05, 3.63) is 44.3 Å². The van der Waals surface area contributed by atoms with E-state index in [1.807, 2.05) is 16.2 Å². The Morgan fingerprint density at radius 3 is 2.88 bits per heavy atom. The van der Waals surface area contributed by atoms with Crippen molar-refractivity contribution in [3.8, 4) is 0 Å². The van der Waals surface area contributed by atoms with Gasteiger partial charge in [-0.25, -0.2) is 0 Å². The molecule has 1 spiro atoms. The first kappa shape index (κ1) is 16.3. The second kappa shape index (κ2) is 6.98. The van der Waals surface area contributed by atoms with Crippen molar-refractivity contribution in [2.24, 2.45) is 0 Å². The van der Waals surface area contributed by atoms with E-state index in [1.165, 1.54) is 15.3 Å². The van der Waals surface area contributed by atoms with Gasteiger partial charge in [0.15, 0.2) is 0 Å². The van der Waals surface area contributed by atoms with Crippen molar-refractivity contribution < 1.29 is 9.53 Å². The van der Waals surface area contributed by atoms with Crippen LogP contribution in [0, 0.1) is 0 Å². The highest BCUT2D eigenvalue weighted by Crippen LogP contribution is 2.43. The van der Waals surface area contributed by atoms with Gasteiger partial charge in [-0.15, -0.1) is 22.7 Å². The van der Waals surface area contributed by atoms with Crippen molar-refractivity contribution in [1.82, 2.24) is 4.90 Å². The van der Waals surface area contributed by atoms with Crippen LogP contribution in [0.2, 0.25) is 0 Å². The van der Waals surface area contributed by atoms with E-state index in [0.717, 1.165) is 51.8 Å². The normalized spacial score (nSPS) is 19.4. The number of carbonyl (C=O) groups is 1. The predicted octanol–water partition coefficient (Wildman–Crippen LogP) is 4.22. The van der Waals surface area contributed by atoms with E-state index in [0.29, 0.717) is 12.3 Å². The van der Waals surface area contributed by atoms with Crippen molar-refractivity contribution in [2.45, 2.75) is 44.1 Å². The summed E-state index contributed by atoms with van der Waals surface area (Å²) in [5.74, 6) is 0.308. The minimum atomic E-state index is -0.124. The first-order valence-corrected chi connectivity index (χ1v) is 10.5. The van der Waals surface area contributed by atoms with Gasteiger partial charge in [-0.05, 0) is 54.1 Å². The van der Waals surface area contributed by atoms with Gasteiger partial charge in [0.05, 0.1) is 12.2 Å². The Morgan fingerprint density at radius 1 is 1.21 bits per heavy atom. The molecule has 5 heteroatoms. The first-order valence-electron chi connectivity index (χ1n) is 8.78. The maximum absolute atomic E-state index is 12.5. The Labute approximate surface area is 151 Å². The van der Waals surface area contributed by atoms with E-state index < -0.39 is 0 Å². The van der Waals surface area contributed by atoms with Crippen LogP contribution < -0.4 is 0 Å². The topological polar surface area (TPSA) is 29.5 Å². The quantitative estimate of drug-likeness (QED) is 0.816. The number of thiophene rings is 2. The Hall–Kier alpha value is -1.17. The third-order valence-corrected chi connectivity index (χ3v) is 7.18. The fraction of sp³-hybridized carbons (Fsp3) is 0.526. The summed E-state index contributed by atoms with van der Waals surface area (Å²) in [7, 11) is 0. The van der Waals surface area contributed by atoms with Crippen LogP contribution in [-0.2, 0) is 28.0 Å². The molecule has 0 saturated carbocycles. The predicted molar refractivity (Wildman–Crippen MR) is 98.7 cm³/mol. The fourth-order valence-corrected chi connectivity index (χ4v) is 5.62. The zero-order chi connectivity index (χ0) is 16.4. The lowest BCUT2D eigenvalue weighted by atomic mass is 9.82. The second-order valence-corrected chi connectivity index (χ2v) is 8.70. The lowest BCUT2D eigenvalue weighted by Gasteiger charge is -2.44. The Kier molecular flexibility index (Phi) is 4.74. The minimum Gasteiger partial charge on any atom is -0.370 e. The highest BCUT2D eigenvalue weighted by Gasteiger charge is 2.41. The highest BCUT2D eigenvalue weighted by atomic mass is 32.1. The monoisotopic (exact) mass is 361 g/mol. The molecule has 3 nitrogen and oxygen atoms in total. The average molecular weight is 362 g/mol. The molecule has 0 unspecified atom stereocenters. The van der Waals surface area contributed by atoms with E-state index in [9.17, 15) is 4.79 Å². The van der Waals surface area contributed by atoms with Crippen molar-refractivity contribution in [2.75, 3.05) is 19.7 Å². The van der Waals surface area contributed by atoms with Crippen LogP contribution in [0.5, 0.6) is 0 Å². The maximum Gasteiger partial charge on any atom is 0.222 e.